The van der Waals surface area contributed by atoms with Crippen LogP contribution in [0.4, 0.5) is 5.95 Å². The van der Waals surface area contributed by atoms with Gasteiger partial charge >= 0.3 is 0 Å². The Kier molecular flexibility index (Phi) is 5.55. The number of aromatic nitrogens is 2. The summed E-state index contributed by atoms with van der Waals surface area (Å²) in [5.41, 5.74) is 1.75. The zero-order valence-electron chi connectivity index (χ0n) is 11.7. The normalized spacial score (nSPS) is 10.2. The summed E-state index contributed by atoms with van der Waals surface area (Å²) in [4.78, 5) is 22.1. The van der Waals surface area contributed by atoms with Crippen LogP contribution >= 0.6 is 0 Å². The minimum Gasteiger partial charge on any atom is -0.350 e. The van der Waals surface area contributed by atoms with Crippen LogP contribution in [-0.2, 0) is 11.3 Å². The van der Waals surface area contributed by atoms with E-state index in [0.717, 1.165) is 24.2 Å². The molecule has 0 aliphatic heterocycles. The fourth-order valence-corrected chi connectivity index (χ4v) is 1.52. The van der Waals surface area contributed by atoms with Crippen LogP contribution in [0.1, 0.15) is 37.6 Å². The summed E-state index contributed by atoms with van der Waals surface area (Å²) in [7, 11) is 3.80. The predicted molar refractivity (Wildman–Crippen MR) is 72.5 cm³/mol. The van der Waals surface area contributed by atoms with Crippen LogP contribution in [0.15, 0.2) is 6.07 Å². The van der Waals surface area contributed by atoms with Gasteiger partial charge in [0, 0.05) is 26.2 Å². The maximum atomic E-state index is 11.5. The van der Waals surface area contributed by atoms with Crippen LogP contribution in [0.2, 0.25) is 0 Å². The van der Waals surface area contributed by atoms with Gasteiger partial charge in [-0.3, -0.25) is 4.79 Å². The SMILES string of the molecule is CCCCC(=O)NCc1cc(C)nc(N(C)C)n1. The highest BCUT2D eigenvalue weighted by Crippen LogP contribution is 2.07. The Morgan fingerprint density at radius 1 is 1.39 bits per heavy atom. The molecule has 0 aromatic carbocycles. The summed E-state index contributed by atoms with van der Waals surface area (Å²) in [6, 6.07) is 1.90. The second-order valence-corrected chi connectivity index (χ2v) is 4.58. The molecular formula is C13H22N4O. The van der Waals surface area contributed by atoms with Crippen molar-refractivity contribution in [1.29, 1.82) is 0 Å². The minimum absolute atomic E-state index is 0.0829. The van der Waals surface area contributed by atoms with E-state index in [1.807, 2.05) is 32.0 Å². The van der Waals surface area contributed by atoms with Gasteiger partial charge in [0.15, 0.2) is 0 Å². The van der Waals surface area contributed by atoms with Gasteiger partial charge in [0.25, 0.3) is 0 Å². The van der Waals surface area contributed by atoms with Crippen molar-refractivity contribution in [3.05, 3.63) is 17.5 Å². The van der Waals surface area contributed by atoms with E-state index in [1.54, 1.807) is 0 Å². The first-order chi connectivity index (χ1) is 8.52. The topological polar surface area (TPSA) is 58.1 Å². The van der Waals surface area contributed by atoms with Gasteiger partial charge < -0.3 is 10.2 Å². The van der Waals surface area contributed by atoms with Crippen LogP contribution in [0.25, 0.3) is 0 Å². The number of rotatable bonds is 6. The minimum atomic E-state index is 0.0829. The lowest BCUT2D eigenvalue weighted by atomic mass is 10.2. The molecule has 0 atom stereocenters. The molecule has 1 aromatic rings. The largest absolute Gasteiger partial charge is 0.350 e. The van der Waals surface area contributed by atoms with Crippen LogP contribution in [0.5, 0.6) is 0 Å². The molecule has 0 saturated carbocycles. The molecule has 0 radical (unpaired) electrons. The van der Waals surface area contributed by atoms with Crippen LogP contribution in [0, 0.1) is 6.92 Å². The number of hydrogen-bond donors (Lipinski definition) is 1. The zero-order valence-corrected chi connectivity index (χ0v) is 11.7. The van der Waals surface area contributed by atoms with Crippen LogP contribution < -0.4 is 10.2 Å². The molecular weight excluding hydrogens is 228 g/mol. The highest BCUT2D eigenvalue weighted by atomic mass is 16.1. The van der Waals surface area contributed by atoms with E-state index < -0.39 is 0 Å². The van der Waals surface area contributed by atoms with Crippen molar-refractivity contribution in [2.45, 2.75) is 39.7 Å². The van der Waals surface area contributed by atoms with E-state index in [0.29, 0.717) is 18.9 Å². The summed E-state index contributed by atoms with van der Waals surface area (Å²) in [6.07, 6.45) is 2.55. The van der Waals surface area contributed by atoms with Gasteiger partial charge in [-0.1, -0.05) is 13.3 Å². The van der Waals surface area contributed by atoms with E-state index in [1.165, 1.54) is 0 Å². The molecule has 0 aliphatic rings. The van der Waals surface area contributed by atoms with Crippen LogP contribution in [0.3, 0.4) is 0 Å². The molecule has 18 heavy (non-hydrogen) atoms. The van der Waals surface area contributed by atoms with Gasteiger partial charge in [0.2, 0.25) is 11.9 Å². The van der Waals surface area contributed by atoms with Crippen molar-refractivity contribution >= 4 is 11.9 Å². The lowest BCUT2D eigenvalue weighted by Gasteiger charge is -2.12. The van der Waals surface area contributed by atoms with Gasteiger partial charge in [0.05, 0.1) is 12.2 Å². The fourth-order valence-electron chi connectivity index (χ4n) is 1.52. The van der Waals surface area contributed by atoms with Crippen molar-refractivity contribution in [3.8, 4) is 0 Å². The third-order valence-electron chi connectivity index (χ3n) is 2.52. The molecule has 100 valence electrons. The molecule has 0 fully saturated rings. The number of carbonyl (C=O) groups is 1. The molecule has 1 rings (SSSR count). The van der Waals surface area contributed by atoms with Crippen molar-refractivity contribution in [3.63, 3.8) is 0 Å². The third-order valence-corrected chi connectivity index (χ3v) is 2.52. The van der Waals surface area contributed by atoms with E-state index in [-0.39, 0.29) is 5.91 Å². The predicted octanol–water partition coefficient (Wildman–Crippen LogP) is 1.66. The quantitative estimate of drug-likeness (QED) is 0.834. The lowest BCUT2D eigenvalue weighted by Crippen LogP contribution is -2.23. The first-order valence-electron chi connectivity index (χ1n) is 6.31. The molecule has 0 saturated heterocycles. The number of aryl methyl sites for hydroxylation is 1. The third kappa shape index (κ3) is 4.69. The summed E-state index contributed by atoms with van der Waals surface area (Å²) in [6.45, 7) is 4.47. The Morgan fingerprint density at radius 2 is 2.11 bits per heavy atom. The van der Waals surface area contributed by atoms with E-state index >= 15 is 0 Å². The van der Waals surface area contributed by atoms with Crippen LogP contribution in [-0.4, -0.2) is 30.0 Å². The van der Waals surface area contributed by atoms with Crippen molar-refractivity contribution in [1.82, 2.24) is 15.3 Å². The molecule has 0 aliphatic carbocycles. The highest BCUT2D eigenvalue weighted by Gasteiger charge is 2.05. The number of hydrogen-bond acceptors (Lipinski definition) is 4. The Hall–Kier alpha value is -1.65. The molecule has 1 amide bonds. The maximum absolute atomic E-state index is 11.5. The fraction of sp³-hybridized carbons (Fsp3) is 0.615. The smallest absolute Gasteiger partial charge is 0.225 e. The molecule has 0 bridgehead atoms. The number of carbonyl (C=O) groups excluding carboxylic acids is 1. The molecule has 1 N–H and O–H groups in total. The van der Waals surface area contributed by atoms with Gasteiger partial charge in [-0.2, -0.15) is 0 Å². The standard InChI is InChI=1S/C13H22N4O/c1-5-6-7-12(18)14-9-11-8-10(2)15-13(16-11)17(3)4/h8H,5-7,9H2,1-4H3,(H,14,18). The number of nitrogens with one attached hydrogen (secondary N) is 1. The van der Waals surface area contributed by atoms with E-state index in [2.05, 4.69) is 22.2 Å². The van der Waals surface area contributed by atoms with E-state index in [9.17, 15) is 4.79 Å². The zero-order chi connectivity index (χ0) is 13.5. The summed E-state index contributed by atoms with van der Waals surface area (Å²) >= 11 is 0. The Labute approximate surface area is 109 Å². The number of unbranched alkanes of at least 4 members (excludes halogenated alkanes) is 1. The van der Waals surface area contributed by atoms with Crippen molar-refractivity contribution in [2.75, 3.05) is 19.0 Å². The first kappa shape index (κ1) is 14.4. The Bertz CT molecular complexity index is 404. The van der Waals surface area contributed by atoms with Crippen molar-refractivity contribution < 1.29 is 4.79 Å². The average molecular weight is 250 g/mol. The summed E-state index contributed by atoms with van der Waals surface area (Å²) in [5.74, 6) is 0.757. The molecule has 1 heterocycles. The molecule has 0 spiro atoms. The highest BCUT2D eigenvalue weighted by molar-refractivity contribution is 5.75. The lowest BCUT2D eigenvalue weighted by molar-refractivity contribution is -0.121. The number of nitrogens with zero attached hydrogens (tertiary/aromatic N) is 3. The van der Waals surface area contributed by atoms with Gasteiger partial charge in [-0.15, -0.1) is 0 Å². The monoisotopic (exact) mass is 250 g/mol. The summed E-state index contributed by atoms with van der Waals surface area (Å²) in [5, 5.41) is 2.88. The Balaban J connectivity index is 2.59. The molecule has 0 unspecified atom stereocenters. The molecule has 1 aromatic heterocycles. The maximum Gasteiger partial charge on any atom is 0.225 e. The van der Waals surface area contributed by atoms with Gasteiger partial charge in [-0.25, -0.2) is 9.97 Å². The van der Waals surface area contributed by atoms with Crippen molar-refractivity contribution in [2.24, 2.45) is 0 Å². The molecule has 5 nitrogen and oxygen atoms in total. The summed E-state index contributed by atoms with van der Waals surface area (Å²) < 4.78 is 0. The number of amides is 1. The Morgan fingerprint density at radius 3 is 2.72 bits per heavy atom. The number of anilines is 1. The first-order valence-corrected chi connectivity index (χ1v) is 6.31. The second kappa shape index (κ2) is 6.93. The van der Waals surface area contributed by atoms with Gasteiger partial charge in [0.1, 0.15) is 0 Å². The van der Waals surface area contributed by atoms with Gasteiger partial charge in [-0.05, 0) is 19.4 Å². The average Bonchev–Trinajstić information content (AvgIpc) is 2.33. The second-order valence-electron chi connectivity index (χ2n) is 4.58. The molecule has 5 heteroatoms. The van der Waals surface area contributed by atoms with E-state index in [4.69, 9.17) is 0 Å².